The van der Waals surface area contributed by atoms with Crippen LogP contribution in [0.5, 0.6) is 5.75 Å². The Hall–Kier alpha value is -3.40. The Bertz CT molecular complexity index is 1410. The number of aromatic nitrogens is 4. The third kappa shape index (κ3) is 6.42. The molecule has 4 rings (SSSR count). The van der Waals surface area contributed by atoms with E-state index < -0.39 is 21.0 Å². The van der Waals surface area contributed by atoms with E-state index in [9.17, 15) is 19.3 Å². The van der Waals surface area contributed by atoms with E-state index in [1.165, 1.54) is 0 Å². The van der Waals surface area contributed by atoms with E-state index in [0.29, 0.717) is 23.5 Å². The van der Waals surface area contributed by atoms with Gasteiger partial charge < -0.3 is 35.2 Å². The first-order valence-corrected chi connectivity index (χ1v) is 14.1. The fourth-order valence-corrected chi connectivity index (χ4v) is 5.84. The van der Waals surface area contributed by atoms with Crippen LogP contribution in [0.2, 0.25) is 0 Å². The Morgan fingerprint density at radius 1 is 1.08 bits per heavy atom. The van der Waals surface area contributed by atoms with Crippen LogP contribution in [0.15, 0.2) is 60.9 Å². The molecule has 2 atom stereocenters. The van der Waals surface area contributed by atoms with Crippen molar-refractivity contribution in [3.63, 3.8) is 0 Å². The number of phenolic OH excluding ortho intramolecular Hbond substituents is 1. The maximum atomic E-state index is 11.9. The third-order valence-electron chi connectivity index (χ3n) is 5.16. The first-order valence-electron chi connectivity index (χ1n) is 10.9. The van der Waals surface area contributed by atoms with E-state index >= 15 is 0 Å². The summed E-state index contributed by atoms with van der Waals surface area (Å²) in [6.45, 7) is 0.665. The molecule has 0 fully saturated rings. The van der Waals surface area contributed by atoms with Gasteiger partial charge in [0.25, 0.3) is 0 Å². The molecular formula is C22H25N6O6P2+. The Morgan fingerprint density at radius 2 is 1.86 bits per heavy atom. The number of aliphatic hydroxyl groups excluding tert-OH is 1. The molecule has 0 amide bonds. The fourth-order valence-electron chi connectivity index (χ4n) is 3.45. The van der Waals surface area contributed by atoms with E-state index in [2.05, 4.69) is 25.6 Å². The average molecular weight is 531 g/mol. The number of nitrogens with one attached hydrogen (secondary N) is 2. The summed E-state index contributed by atoms with van der Waals surface area (Å²) < 4.78 is 24.9. The highest BCUT2D eigenvalue weighted by atomic mass is 31.2. The number of anilines is 3. The molecule has 14 heteroatoms. The van der Waals surface area contributed by atoms with Crippen LogP contribution in [0.4, 0.5) is 17.5 Å². The summed E-state index contributed by atoms with van der Waals surface area (Å²) in [6, 6.07) is 16.3. The van der Waals surface area contributed by atoms with Crippen molar-refractivity contribution in [3.05, 3.63) is 66.5 Å². The molecule has 188 valence electrons. The van der Waals surface area contributed by atoms with Crippen molar-refractivity contribution in [2.75, 3.05) is 23.3 Å². The van der Waals surface area contributed by atoms with E-state index in [1.54, 1.807) is 24.5 Å². The van der Waals surface area contributed by atoms with Gasteiger partial charge in [0.1, 0.15) is 5.75 Å². The molecular weight excluding hydrogens is 506 g/mol. The minimum atomic E-state index is -4.82. The molecule has 6 N–H and O–H groups in total. The van der Waals surface area contributed by atoms with Crippen molar-refractivity contribution in [2.24, 2.45) is 0 Å². The highest BCUT2D eigenvalue weighted by Crippen LogP contribution is 2.51. The van der Waals surface area contributed by atoms with Gasteiger partial charge in [0, 0.05) is 18.7 Å². The van der Waals surface area contributed by atoms with Gasteiger partial charge in [-0.1, -0.05) is 34.9 Å². The molecule has 0 spiro atoms. The van der Waals surface area contributed by atoms with E-state index in [0.717, 1.165) is 11.3 Å². The highest BCUT2D eigenvalue weighted by molar-refractivity contribution is 7.67. The van der Waals surface area contributed by atoms with Crippen molar-refractivity contribution in [1.29, 1.82) is 0 Å². The number of imidazole rings is 1. The molecule has 0 radical (unpaired) electrons. The zero-order valence-corrected chi connectivity index (χ0v) is 20.8. The second kappa shape index (κ2) is 11.1. The molecule has 4 aromatic rings. The lowest BCUT2D eigenvalue weighted by molar-refractivity contribution is 0.258. The third-order valence-corrected chi connectivity index (χ3v) is 8.71. The van der Waals surface area contributed by atoms with Gasteiger partial charge in [-0.3, -0.25) is 4.57 Å². The maximum Gasteiger partial charge on any atom is 0.404 e. The molecule has 0 aliphatic carbocycles. The number of fused-ring (bicyclic) bond motifs is 1. The van der Waals surface area contributed by atoms with Crippen LogP contribution in [0, 0.1) is 0 Å². The quantitative estimate of drug-likeness (QED) is 0.123. The predicted molar refractivity (Wildman–Crippen MR) is 136 cm³/mol. The monoisotopic (exact) mass is 531 g/mol. The van der Waals surface area contributed by atoms with Crippen molar-refractivity contribution in [3.8, 4) is 5.75 Å². The fraction of sp³-hybridized carbons (Fsp3) is 0.227. The highest BCUT2D eigenvalue weighted by Gasteiger charge is 2.42. The van der Waals surface area contributed by atoms with Crippen molar-refractivity contribution in [2.45, 2.75) is 18.6 Å². The SMILES string of the molecule is O=[P+](CCCNc1nc(Nc2ccccc2)c2ncn(Cc3cccc(O)c3)c2n1)C(O)P(=O)(O)O. The van der Waals surface area contributed by atoms with Gasteiger partial charge in [-0.15, -0.1) is 0 Å². The molecule has 0 aliphatic heterocycles. The van der Waals surface area contributed by atoms with Gasteiger partial charge in [-0.05, 0) is 29.8 Å². The lowest BCUT2D eigenvalue weighted by atomic mass is 10.2. The van der Waals surface area contributed by atoms with Gasteiger partial charge in [-0.2, -0.15) is 9.97 Å². The lowest BCUT2D eigenvalue weighted by Crippen LogP contribution is -2.10. The Labute approximate surface area is 207 Å². The minimum absolute atomic E-state index is 0.0819. The molecule has 2 aromatic heterocycles. The molecule has 2 heterocycles. The molecule has 0 bridgehead atoms. The number of hydrogen-bond donors (Lipinski definition) is 6. The summed E-state index contributed by atoms with van der Waals surface area (Å²) in [4.78, 5) is 31.5. The summed E-state index contributed by atoms with van der Waals surface area (Å²) >= 11 is 0. The molecule has 2 aromatic carbocycles. The van der Waals surface area contributed by atoms with Gasteiger partial charge in [0.2, 0.25) is 5.95 Å². The van der Waals surface area contributed by atoms with Gasteiger partial charge >= 0.3 is 21.0 Å². The Balaban J connectivity index is 1.56. The predicted octanol–water partition coefficient (Wildman–Crippen LogP) is 3.41. The van der Waals surface area contributed by atoms with Gasteiger partial charge in [0.15, 0.2) is 23.1 Å². The average Bonchev–Trinajstić information content (AvgIpc) is 3.24. The number of para-hydroxylation sites is 1. The number of nitrogens with zero attached hydrogens (tertiary/aromatic N) is 4. The number of aromatic hydroxyl groups is 1. The van der Waals surface area contributed by atoms with Gasteiger partial charge in [0.05, 0.1) is 12.9 Å². The normalized spacial score (nSPS) is 12.9. The molecule has 0 saturated carbocycles. The first-order chi connectivity index (χ1) is 17.2. The number of benzene rings is 2. The van der Waals surface area contributed by atoms with Crippen LogP contribution >= 0.6 is 15.4 Å². The minimum Gasteiger partial charge on any atom is -0.508 e. The summed E-state index contributed by atoms with van der Waals surface area (Å²) in [5, 5.41) is 25.6. The van der Waals surface area contributed by atoms with Gasteiger partial charge in [-0.25, -0.2) is 4.98 Å². The van der Waals surface area contributed by atoms with E-state index in [-0.39, 0.29) is 30.8 Å². The number of hydrogen-bond acceptors (Lipinski definition) is 9. The second-order valence-corrected chi connectivity index (χ2v) is 11.8. The van der Waals surface area contributed by atoms with Crippen molar-refractivity contribution in [1.82, 2.24) is 19.5 Å². The van der Waals surface area contributed by atoms with Crippen LogP contribution < -0.4 is 10.6 Å². The molecule has 0 saturated heterocycles. The number of aliphatic hydroxyl groups is 1. The van der Waals surface area contributed by atoms with Crippen LogP contribution in [0.1, 0.15) is 12.0 Å². The molecule has 0 aliphatic rings. The zero-order chi connectivity index (χ0) is 25.7. The smallest absolute Gasteiger partial charge is 0.404 e. The van der Waals surface area contributed by atoms with Crippen molar-refractivity contribution >= 4 is 44.0 Å². The molecule has 36 heavy (non-hydrogen) atoms. The lowest BCUT2D eigenvalue weighted by Gasteiger charge is -2.11. The standard InChI is InChI=1S/C22H24N6O6P2/c29-17-9-4-6-15(12-17)13-28-14-24-18-19(25-16-7-2-1-3-8-16)26-21(27-20(18)28)23-10-5-11-35(31)22(30)36(32,33)34/h1-4,6-9,12,14,22,30H,5,10-11,13H2,(H4-,23,25,26,27,29,32,33,34)/p+1. The first kappa shape index (κ1) is 25.7. The van der Waals surface area contributed by atoms with Crippen LogP contribution in [0.25, 0.3) is 11.2 Å². The summed E-state index contributed by atoms with van der Waals surface area (Å²) in [6.07, 6.45) is 1.82. The van der Waals surface area contributed by atoms with Crippen molar-refractivity contribution < 1.29 is 29.1 Å². The largest absolute Gasteiger partial charge is 0.508 e. The van der Waals surface area contributed by atoms with E-state index in [1.807, 2.05) is 41.0 Å². The molecule has 2 unspecified atom stereocenters. The molecule has 12 nitrogen and oxygen atoms in total. The summed E-state index contributed by atoms with van der Waals surface area (Å²) in [5.74, 6) is 0.887. The Morgan fingerprint density at radius 3 is 2.58 bits per heavy atom. The summed E-state index contributed by atoms with van der Waals surface area (Å²) in [7, 11) is -7.32. The Kier molecular flexibility index (Phi) is 7.93. The number of phenols is 1. The van der Waals surface area contributed by atoms with Crippen LogP contribution in [-0.4, -0.2) is 57.8 Å². The summed E-state index contributed by atoms with van der Waals surface area (Å²) in [5.41, 5.74) is 0.560. The number of rotatable bonds is 11. The zero-order valence-electron chi connectivity index (χ0n) is 19.0. The van der Waals surface area contributed by atoms with E-state index in [4.69, 9.17) is 9.79 Å². The second-order valence-electron chi connectivity index (χ2n) is 7.96. The van der Waals surface area contributed by atoms with Crippen LogP contribution in [-0.2, 0) is 15.7 Å². The van der Waals surface area contributed by atoms with Crippen LogP contribution in [0.3, 0.4) is 0 Å². The maximum absolute atomic E-state index is 11.9. The topological polar surface area (TPSA) is 183 Å².